The molecule has 0 aromatic heterocycles. The molecule has 2 aliphatic rings. The zero-order chi connectivity index (χ0) is 31.1. The summed E-state index contributed by atoms with van der Waals surface area (Å²) in [6.07, 6.45) is 5.42. The van der Waals surface area contributed by atoms with Crippen LogP contribution in [0.2, 0.25) is 0 Å². The zero-order valence-corrected chi connectivity index (χ0v) is 23.8. The van der Waals surface area contributed by atoms with Gasteiger partial charge < -0.3 is 5.32 Å². The number of alkyl halides is 1. The van der Waals surface area contributed by atoms with Crippen LogP contribution in [0.3, 0.4) is 0 Å². The highest BCUT2D eigenvalue weighted by Crippen LogP contribution is 2.36. The van der Waals surface area contributed by atoms with Gasteiger partial charge in [-0.05, 0) is 67.1 Å². The van der Waals surface area contributed by atoms with Gasteiger partial charge in [0, 0.05) is 23.5 Å². The van der Waals surface area contributed by atoms with Gasteiger partial charge in [0.15, 0.2) is 28.5 Å². The number of nitrogens with zero attached hydrogens (tertiary/aromatic N) is 1. The molecule has 2 amide bonds. The Labute approximate surface area is 245 Å². The van der Waals surface area contributed by atoms with E-state index in [1.807, 2.05) is 12.1 Å². The highest BCUT2D eigenvalue weighted by Gasteiger charge is 2.37. The zero-order valence-electron chi connectivity index (χ0n) is 23.0. The van der Waals surface area contributed by atoms with Gasteiger partial charge in [-0.25, -0.2) is 30.4 Å². The number of nitrogens with one attached hydrogen (secondary N) is 2. The number of fused-ring (bicyclic) bond motifs is 1. The van der Waals surface area contributed by atoms with Crippen LogP contribution >= 0.6 is 0 Å². The van der Waals surface area contributed by atoms with Crippen LogP contribution in [-0.4, -0.2) is 25.5 Å². The Morgan fingerprint density at radius 3 is 2.16 bits per heavy atom. The molecule has 0 spiro atoms. The molecule has 0 saturated heterocycles. The first-order valence-corrected chi connectivity index (χ1v) is 15.3. The molecular formula is C30H28F5N3O4S. The average Bonchev–Trinajstić information content (AvgIpc) is 3.38. The van der Waals surface area contributed by atoms with E-state index in [0.717, 1.165) is 43.1 Å². The molecule has 13 heteroatoms. The summed E-state index contributed by atoms with van der Waals surface area (Å²) in [5.74, 6) is -9.52. The van der Waals surface area contributed by atoms with E-state index in [1.165, 1.54) is 23.3 Å². The van der Waals surface area contributed by atoms with Crippen molar-refractivity contribution in [1.29, 1.82) is 0 Å². The molecule has 1 aliphatic heterocycles. The number of sulfonamides is 1. The van der Waals surface area contributed by atoms with E-state index in [4.69, 9.17) is 0 Å². The molecule has 0 radical (unpaired) electrons. The minimum Gasteiger partial charge on any atom is -0.348 e. The van der Waals surface area contributed by atoms with Gasteiger partial charge in [-0.2, -0.15) is 0 Å². The van der Waals surface area contributed by atoms with Crippen molar-refractivity contribution in [2.45, 2.75) is 63.4 Å². The molecule has 3 aromatic carbocycles. The van der Waals surface area contributed by atoms with E-state index in [2.05, 4.69) is 5.32 Å². The Bertz CT molecular complexity index is 1660. The van der Waals surface area contributed by atoms with Crippen molar-refractivity contribution in [3.63, 3.8) is 0 Å². The molecule has 228 valence electrons. The molecule has 3 aromatic rings. The Morgan fingerprint density at radius 2 is 1.56 bits per heavy atom. The number of amides is 2. The highest BCUT2D eigenvalue weighted by molar-refractivity contribution is 7.94. The van der Waals surface area contributed by atoms with Gasteiger partial charge >= 0.3 is 0 Å². The predicted octanol–water partition coefficient (Wildman–Crippen LogP) is 6.50. The third kappa shape index (κ3) is 5.69. The molecule has 0 unspecified atom stereocenters. The second-order valence-electron chi connectivity index (χ2n) is 10.7. The lowest BCUT2D eigenvalue weighted by atomic mass is 9.84. The molecule has 5 rings (SSSR count). The van der Waals surface area contributed by atoms with Crippen molar-refractivity contribution in [3.05, 3.63) is 88.0 Å². The lowest BCUT2D eigenvalue weighted by Gasteiger charge is -2.28. The predicted molar refractivity (Wildman–Crippen MR) is 150 cm³/mol. The van der Waals surface area contributed by atoms with Crippen LogP contribution < -0.4 is 14.9 Å². The third-order valence-corrected chi connectivity index (χ3v) is 9.65. The first kappa shape index (κ1) is 30.5. The van der Waals surface area contributed by atoms with Crippen LogP contribution in [0, 0.1) is 23.3 Å². The van der Waals surface area contributed by atoms with E-state index in [1.54, 1.807) is 18.2 Å². The number of hydrogen-bond donors (Lipinski definition) is 2. The average molecular weight is 622 g/mol. The van der Waals surface area contributed by atoms with Gasteiger partial charge in [0.1, 0.15) is 12.4 Å². The highest BCUT2D eigenvalue weighted by atomic mass is 32.2. The number of carbonyl (C=O) groups excluding carboxylic acids is 2. The molecule has 7 nitrogen and oxygen atoms in total. The maximum atomic E-state index is 14.5. The number of hydrogen-bond acceptors (Lipinski definition) is 4. The maximum Gasteiger partial charge on any atom is 0.251 e. The molecule has 43 heavy (non-hydrogen) atoms. The van der Waals surface area contributed by atoms with Gasteiger partial charge in [-0.1, -0.05) is 31.4 Å². The summed E-state index contributed by atoms with van der Waals surface area (Å²) in [6.45, 7) is -0.737. The van der Waals surface area contributed by atoms with E-state index < -0.39 is 62.4 Å². The summed E-state index contributed by atoms with van der Waals surface area (Å²) in [5.41, 5.74) is -0.728. The Hall–Kier alpha value is -4.00. The number of halogens is 5. The van der Waals surface area contributed by atoms with Crippen LogP contribution in [0.4, 0.5) is 39.0 Å². The standard InChI is InChI=1S/C30H28F5N3O4S/c1-16(43(41,42)37-28-26(34)24(32)23(14-31)25(33)27(28)35)30(40)38(21-11-12-22-19(13-21)15-36-29(22)39)20-9-7-18(8-10-20)17-5-3-2-4-6-17/h7-13,16-17,37H,2-6,14-15H2,1H3,(H,36,39)/t16-/m1/s1. The van der Waals surface area contributed by atoms with Crippen LogP contribution in [-0.2, 0) is 28.0 Å². The minimum absolute atomic E-state index is 0.185. The van der Waals surface area contributed by atoms with Gasteiger partial charge in [-0.15, -0.1) is 0 Å². The lowest BCUT2D eigenvalue weighted by molar-refractivity contribution is -0.117. The smallest absolute Gasteiger partial charge is 0.251 e. The fraction of sp³-hybridized carbons (Fsp3) is 0.333. The Balaban J connectivity index is 1.51. The Kier molecular flexibility index (Phi) is 8.46. The van der Waals surface area contributed by atoms with Crippen molar-refractivity contribution in [2.24, 2.45) is 0 Å². The van der Waals surface area contributed by atoms with Gasteiger partial charge in [0.25, 0.3) is 11.8 Å². The van der Waals surface area contributed by atoms with Gasteiger partial charge in [0.2, 0.25) is 10.0 Å². The van der Waals surface area contributed by atoms with E-state index in [0.29, 0.717) is 17.0 Å². The molecule has 1 heterocycles. The van der Waals surface area contributed by atoms with Crippen LogP contribution in [0.15, 0.2) is 42.5 Å². The second-order valence-corrected chi connectivity index (χ2v) is 12.7. The number of rotatable bonds is 8. The van der Waals surface area contributed by atoms with Crippen molar-refractivity contribution in [3.8, 4) is 0 Å². The fourth-order valence-electron chi connectivity index (χ4n) is 5.52. The Morgan fingerprint density at radius 1 is 0.953 bits per heavy atom. The third-order valence-electron chi connectivity index (χ3n) is 8.02. The number of anilines is 3. The summed E-state index contributed by atoms with van der Waals surface area (Å²) >= 11 is 0. The summed E-state index contributed by atoms with van der Waals surface area (Å²) in [7, 11) is -5.03. The normalized spacial score (nSPS) is 16.0. The fourth-order valence-corrected chi connectivity index (χ4v) is 6.53. The van der Waals surface area contributed by atoms with Crippen LogP contribution in [0.1, 0.15) is 72.0 Å². The number of benzene rings is 3. The van der Waals surface area contributed by atoms with Crippen molar-refractivity contribution in [1.82, 2.24) is 5.32 Å². The summed E-state index contributed by atoms with van der Waals surface area (Å²) in [4.78, 5) is 27.1. The summed E-state index contributed by atoms with van der Waals surface area (Å²) in [5, 5.41) is 0.624. The van der Waals surface area contributed by atoms with Gasteiger partial charge in [-0.3, -0.25) is 19.2 Å². The topological polar surface area (TPSA) is 95.6 Å². The molecule has 0 bridgehead atoms. The van der Waals surface area contributed by atoms with E-state index >= 15 is 0 Å². The molecule has 1 saturated carbocycles. The van der Waals surface area contributed by atoms with Crippen molar-refractivity contribution >= 4 is 38.9 Å². The molecule has 2 N–H and O–H groups in total. The molecule has 1 fully saturated rings. The number of carbonyl (C=O) groups is 2. The SMILES string of the molecule is C[C@H](C(=O)N(c1ccc(C2CCCCC2)cc1)c1ccc2c(c1)CNC2=O)S(=O)(=O)Nc1c(F)c(F)c(CF)c(F)c1F. The van der Waals surface area contributed by atoms with Crippen molar-refractivity contribution in [2.75, 3.05) is 9.62 Å². The molecule has 1 atom stereocenters. The summed E-state index contributed by atoms with van der Waals surface area (Å²) < 4.78 is 98.1. The quantitative estimate of drug-likeness (QED) is 0.222. The van der Waals surface area contributed by atoms with Crippen LogP contribution in [0.5, 0.6) is 0 Å². The first-order chi connectivity index (χ1) is 20.4. The molecular weight excluding hydrogens is 593 g/mol. The largest absolute Gasteiger partial charge is 0.348 e. The van der Waals surface area contributed by atoms with E-state index in [9.17, 15) is 40.0 Å². The monoisotopic (exact) mass is 621 g/mol. The van der Waals surface area contributed by atoms with Crippen molar-refractivity contribution < 1.29 is 40.0 Å². The van der Waals surface area contributed by atoms with Crippen LogP contribution in [0.25, 0.3) is 0 Å². The lowest BCUT2D eigenvalue weighted by Crippen LogP contribution is -2.41. The maximum absolute atomic E-state index is 14.5. The van der Waals surface area contributed by atoms with E-state index in [-0.39, 0.29) is 23.8 Å². The van der Waals surface area contributed by atoms with Gasteiger partial charge in [0.05, 0.1) is 5.56 Å². The minimum atomic E-state index is -5.03. The second kappa shape index (κ2) is 11.9. The summed E-state index contributed by atoms with van der Waals surface area (Å²) in [6, 6.07) is 11.5. The first-order valence-electron chi connectivity index (χ1n) is 13.7. The molecule has 1 aliphatic carbocycles.